The van der Waals surface area contributed by atoms with Gasteiger partial charge in [0, 0.05) is 0 Å². The van der Waals surface area contributed by atoms with Crippen LogP contribution in [0.5, 0.6) is 6.01 Å². The molecule has 7 nitrogen and oxygen atoms in total. The van der Waals surface area contributed by atoms with Crippen LogP contribution in [0.2, 0.25) is 0 Å². The first kappa shape index (κ1) is 17.9. The van der Waals surface area contributed by atoms with Crippen molar-refractivity contribution in [1.82, 2.24) is 19.9 Å². The molecular formula is C18H29N5O2. The van der Waals surface area contributed by atoms with E-state index in [1.807, 2.05) is 19.9 Å². The molecule has 0 amide bonds. The van der Waals surface area contributed by atoms with Crippen LogP contribution in [0.4, 0.5) is 5.82 Å². The number of aliphatic hydroxyl groups excluding tert-OH is 1. The number of aliphatic hydroxyl groups is 1. The van der Waals surface area contributed by atoms with Crippen molar-refractivity contribution in [2.75, 3.05) is 18.8 Å². The Kier molecular flexibility index (Phi) is 5.44. The molecule has 1 saturated heterocycles. The molecule has 25 heavy (non-hydrogen) atoms. The van der Waals surface area contributed by atoms with Gasteiger partial charge in [0.1, 0.15) is 5.52 Å². The maximum absolute atomic E-state index is 10.9. The van der Waals surface area contributed by atoms with Crippen LogP contribution < -0.4 is 15.8 Å². The Bertz CT molecular complexity index is 724. The van der Waals surface area contributed by atoms with Crippen molar-refractivity contribution >= 4 is 11.3 Å². The van der Waals surface area contributed by atoms with Crippen LogP contribution in [-0.2, 0) is 0 Å². The summed E-state index contributed by atoms with van der Waals surface area (Å²) in [6.45, 7) is 7.95. The van der Waals surface area contributed by atoms with Gasteiger partial charge in [-0.3, -0.25) is 0 Å². The molecule has 1 aliphatic heterocycles. The molecule has 0 bridgehead atoms. The van der Waals surface area contributed by atoms with Gasteiger partial charge in [-0.15, -0.1) is 5.10 Å². The minimum absolute atomic E-state index is 0.0244. The summed E-state index contributed by atoms with van der Waals surface area (Å²) in [5.41, 5.74) is 8.64. The molecule has 0 aromatic carbocycles. The summed E-state index contributed by atoms with van der Waals surface area (Å²) in [6, 6.07) is 2.23. The third kappa shape index (κ3) is 3.72. The molecule has 138 valence electrons. The Morgan fingerprint density at radius 1 is 1.44 bits per heavy atom. The summed E-state index contributed by atoms with van der Waals surface area (Å²) in [7, 11) is 0. The molecule has 0 spiro atoms. The average molecular weight is 347 g/mol. The Balaban J connectivity index is 1.96. The van der Waals surface area contributed by atoms with E-state index in [4.69, 9.17) is 10.5 Å². The Morgan fingerprint density at radius 3 is 2.84 bits per heavy atom. The number of rotatable bonds is 6. The highest BCUT2D eigenvalue weighted by Crippen LogP contribution is 2.32. The number of aryl methyl sites for hydroxylation is 1. The van der Waals surface area contributed by atoms with E-state index in [0.29, 0.717) is 5.82 Å². The fourth-order valence-corrected chi connectivity index (χ4v) is 3.64. The lowest BCUT2D eigenvalue weighted by Gasteiger charge is -2.27. The zero-order chi connectivity index (χ0) is 18.0. The van der Waals surface area contributed by atoms with Crippen LogP contribution in [0.3, 0.4) is 0 Å². The second-order valence-electron chi connectivity index (χ2n) is 7.04. The van der Waals surface area contributed by atoms with E-state index in [2.05, 4.69) is 22.3 Å². The van der Waals surface area contributed by atoms with Gasteiger partial charge in [-0.05, 0) is 63.7 Å². The highest BCUT2D eigenvalue weighted by Gasteiger charge is 2.27. The first-order chi connectivity index (χ1) is 12.0. The molecule has 7 heteroatoms. The number of nitrogens with one attached hydrogen (secondary N) is 1. The summed E-state index contributed by atoms with van der Waals surface area (Å²) in [5, 5.41) is 18.8. The van der Waals surface area contributed by atoms with E-state index < -0.39 is 6.10 Å². The van der Waals surface area contributed by atoms with E-state index in [9.17, 15) is 5.11 Å². The summed E-state index contributed by atoms with van der Waals surface area (Å²) in [6.07, 6.45) is 3.31. The third-order valence-electron chi connectivity index (χ3n) is 4.97. The van der Waals surface area contributed by atoms with E-state index in [-0.39, 0.29) is 18.0 Å². The topological polar surface area (TPSA) is 97.7 Å². The van der Waals surface area contributed by atoms with Crippen molar-refractivity contribution in [2.45, 2.75) is 58.7 Å². The molecule has 4 N–H and O–H groups in total. The lowest BCUT2D eigenvalue weighted by Crippen LogP contribution is -2.31. The van der Waals surface area contributed by atoms with E-state index in [0.717, 1.165) is 55.5 Å². The van der Waals surface area contributed by atoms with Crippen LogP contribution >= 0.6 is 0 Å². The fraction of sp³-hybridized carbons (Fsp3) is 0.667. The maximum atomic E-state index is 10.9. The molecule has 0 radical (unpaired) electrons. The van der Waals surface area contributed by atoms with Gasteiger partial charge in [0.25, 0.3) is 0 Å². The summed E-state index contributed by atoms with van der Waals surface area (Å²) in [4.78, 5) is 4.30. The van der Waals surface area contributed by atoms with E-state index >= 15 is 0 Å². The number of ether oxygens (including phenoxy) is 1. The predicted molar refractivity (Wildman–Crippen MR) is 97.7 cm³/mol. The van der Waals surface area contributed by atoms with Crippen LogP contribution in [0.1, 0.15) is 56.9 Å². The number of aromatic nitrogens is 3. The van der Waals surface area contributed by atoms with Gasteiger partial charge in [0.2, 0.25) is 0 Å². The molecule has 2 aromatic rings. The van der Waals surface area contributed by atoms with Crippen molar-refractivity contribution in [3.8, 4) is 6.01 Å². The second-order valence-corrected chi connectivity index (χ2v) is 7.04. The fourth-order valence-electron chi connectivity index (χ4n) is 3.64. The summed E-state index contributed by atoms with van der Waals surface area (Å²) < 4.78 is 7.54. The van der Waals surface area contributed by atoms with Gasteiger partial charge in [-0.25, -0.2) is 4.52 Å². The smallest absolute Gasteiger partial charge is 0.336 e. The normalized spacial score (nSPS) is 18.4. The predicted octanol–water partition coefficient (Wildman–Crippen LogP) is 2.22. The van der Waals surface area contributed by atoms with Crippen molar-refractivity contribution in [2.24, 2.45) is 5.92 Å². The Hall–Kier alpha value is -1.86. The zero-order valence-corrected chi connectivity index (χ0v) is 15.3. The average Bonchev–Trinajstić information content (AvgIpc) is 2.92. The molecule has 2 atom stereocenters. The molecule has 0 aliphatic carbocycles. The van der Waals surface area contributed by atoms with Crippen molar-refractivity contribution in [3.63, 3.8) is 0 Å². The molecule has 2 aromatic heterocycles. The van der Waals surface area contributed by atoms with Crippen LogP contribution in [0.25, 0.3) is 5.52 Å². The van der Waals surface area contributed by atoms with Crippen LogP contribution in [-0.4, -0.2) is 38.9 Å². The van der Waals surface area contributed by atoms with Crippen LogP contribution in [0, 0.1) is 12.8 Å². The molecule has 3 rings (SSSR count). The van der Waals surface area contributed by atoms with Gasteiger partial charge in [0.05, 0.1) is 17.9 Å². The number of nitrogens with two attached hydrogens (primary N) is 1. The van der Waals surface area contributed by atoms with E-state index in [1.165, 1.54) is 0 Å². The SMILES string of the molecule is CCC[C@H](C)Oc1nc(N)c2c(C)cc(C(O)C3CCNCC3)n2n1. The minimum atomic E-state index is -0.571. The highest BCUT2D eigenvalue weighted by molar-refractivity contribution is 5.71. The standard InChI is InChI=1S/C18H29N5O2/c1-4-5-12(3)25-18-21-17(19)15-11(2)10-14(23(15)22-18)16(24)13-6-8-20-9-7-13/h10,12-13,16,20,24H,4-9H2,1-3H3,(H2,19,21,22)/t12-,16?/m0/s1. The summed E-state index contributed by atoms with van der Waals surface area (Å²) >= 11 is 0. The van der Waals surface area contributed by atoms with Gasteiger partial charge in [0.15, 0.2) is 5.82 Å². The highest BCUT2D eigenvalue weighted by atomic mass is 16.5. The van der Waals surface area contributed by atoms with Gasteiger partial charge in [-0.1, -0.05) is 13.3 Å². The monoisotopic (exact) mass is 347 g/mol. The van der Waals surface area contributed by atoms with Gasteiger partial charge in [-0.2, -0.15) is 4.98 Å². The first-order valence-corrected chi connectivity index (χ1v) is 9.22. The first-order valence-electron chi connectivity index (χ1n) is 9.22. The number of nitrogen functional groups attached to an aromatic ring is 1. The van der Waals surface area contributed by atoms with Gasteiger partial charge < -0.3 is 20.9 Å². The molecule has 3 heterocycles. The maximum Gasteiger partial charge on any atom is 0.336 e. The van der Waals surface area contributed by atoms with Crippen molar-refractivity contribution in [1.29, 1.82) is 0 Å². The van der Waals surface area contributed by atoms with Crippen molar-refractivity contribution in [3.05, 3.63) is 17.3 Å². The van der Waals surface area contributed by atoms with Crippen molar-refractivity contribution < 1.29 is 9.84 Å². The third-order valence-corrected chi connectivity index (χ3v) is 4.97. The molecule has 1 aliphatic rings. The zero-order valence-electron chi connectivity index (χ0n) is 15.3. The van der Waals surface area contributed by atoms with Gasteiger partial charge >= 0.3 is 6.01 Å². The molecule has 1 fully saturated rings. The molecule has 1 unspecified atom stereocenters. The molecule has 0 saturated carbocycles. The molecular weight excluding hydrogens is 318 g/mol. The largest absolute Gasteiger partial charge is 0.459 e. The number of fused-ring (bicyclic) bond motifs is 1. The number of nitrogens with zero attached hydrogens (tertiary/aromatic N) is 3. The second kappa shape index (κ2) is 7.58. The summed E-state index contributed by atoms with van der Waals surface area (Å²) in [5.74, 6) is 0.605. The Labute approximate surface area is 148 Å². The lowest BCUT2D eigenvalue weighted by molar-refractivity contribution is 0.0832. The minimum Gasteiger partial charge on any atom is -0.459 e. The quantitative estimate of drug-likeness (QED) is 0.741. The number of anilines is 1. The number of hydrogen-bond donors (Lipinski definition) is 3. The number of piperidine rings is 1. The Morgan fingerprint density at radius 2 is 2.16 bits per heavy atom. The van der Waals surface area contributed by atoms with E-state index in [1.54, 1.807) is 4.52 Å². The van der Waals surface area contributed by atoms with Crippen LogP contribution in [0.15, 0.2) is 6.07 Å². The number of hydrogen-bond acceptors (Lipinski definition) is 6. The lowest BCUT2D eigenvalue weighted by atomic mass is 9.90.